The van der Waals surface area contributed by atoms with Crippen molar-refractivity contribution < 1.29 is 12.0 Å². The first-order valence-corrected chi connectivity index (χ1v) is 16.6. The summed E-state index contributed by atoms with van der Waals surface area (Å²) in [5.74, 6) is 0. The van der Waals surface area contributed by atoms with Crippen molar-refractivity contribution >= 4 is 20.4 Å². The van der Waals surface area contributed by atoms with Crippen molar-refractivity contribution in [1.82, 2.24) is 0 Å². The third-order valence-electron chi connectivity index (χ3n) is 7.16. The first kappa shape index (κ1) is 27.7. The van der Waals surface area contributed by atoms with E-state index in [-0.39, 0.29) is 4.90 Å². The maximum atomic E-state index is 14.1. The molecule has 3 nitrogen and oxygen atoms in total. The van der Waals surface area contributed by atoms with Crippen molar-refractivity contribution in [2.24, 2.45) is 0 Å². The molecule has 0 aliphatic carbocycles. The maximum absolute atomic E-state index is 14.1. The number of hydrogen-bond donors (Lipinski definition) is 0. The van der Waals surface area contributed by atoms with Gasteiger partial charge in [-0.3, -0.25) is 0 Å². The Bertz CT molecular complexity index is 1790. The molecule has 0 heterocycles. The first-order valence-electron chi connectivity index (χ1n) is 13.7. The summed E-state index contributed by atoms with van der Waals surface area (Å²) in [5.41, 5.74) is 5.24. The fourth-order valence-corrected chi connectivity index (χ4v) is 10.2. The molecule has 0 atom stereocenters. The summed E-state index contributed by atoms with van der Waals surface area (Å²) in [7, 11) is -6.90. The van der Waals surface area contributed by atoms with Crippen molar-refractivity contribution in [3.8, 4) is 22.3 Å². The standard InChI is InChI=1S/C37H30O3S2/c1-29-17-23-37(24-18-29)42(38,39)40-41(34-15-9-4-10-16-34,35-25-19-32(20-26-35)30-11-5-2-6-12-30)36-27-21-33(22-28-36)31-13-7-3-8-14-31/h2-28H,1H3. The van der Waals surface area contributed by atoms with E-state index >= 15 is 0 Å². The van der Waals surface area contributed by atoms with Crippen LogP contribution in [0.3, 0.4) is 0 Å². The molecule has 0 fully saturated rings. The van der Waals surface area contributed by atoms with E-state index in [0.29, 0.717) is 0 Å². The van der Waals surface area contributed by atoms with Gasteiger partial charge in [0.2, 0.25) is 0 Å². The van der Waals surface area contributed by atoms with E-state index in [9.17, 15) is 8.42 Å². The lowest BCUT2D eigenvalue weighted by molar-refractivity contribution is 0.508. The molecule has 0 aliphatic rings. The van der Waals surface area contributed by atoms with Crippen molar-refractivity contribution in [3.63, 3.8) is 0 Å². The first-order chi connectivity index (χ1) is 20.5. The molecule has 0 aliphatic heterocycles. The van der Waals surface area contributed by atoms with Crippen molar-refractivity contribution in [1.29, 1.82) is 0 Å². The Kier molecular flexibility index (Phi) is 7.81. The maximum Gasteiger partial charge on any atom is 0.307 e. The Morgan fingerprint density at radius 3 is 1.14 bits per heavy atom. The summed E-state index contributed by atoms with van der Waals surface area (Å²) in [4.78, 5) is 2.50. The van der Waals surface area contributed by atoms with Crippen LogP contribution in [0.2, 0.25) is 0 Å². The van der Waals surface area contributed by atoms with Gasteiger partial charge in [0.25, 0.3) is 0 Å². The zero-order chi connectivity index (χ0) is 29.0. The molecule has 0 bridgehead atoms. The molecule has 42 heavy (non-hydrogen) atoms. The normalized spacial score (nSPS) is 12.1. The predicted octanol–water partition coefficient (Wildman–Crippen LogP) is 9.93. The molecule has 6 aromatic carbocycles. The van der Waals surface area contributed by atoms with Crippen LogP contribution < -0.4 is 0 Å². The van der Waals surface area contributed by atoms with Gasteiger partial charge in [-0.2, -0.15) is 8.42 Å². The Balaban J connectivity index is 1.56. The molecule has 0 unspecified atom stereocenters. The Labute approximate surface area is 249 Å². The third kappa shape index (κ3) is 5.55. The highest BCUT2D eigenvalue weighted by Crippen LogP contribution is 2.70. The van der Waals surface area contributed by atoms with Crippen LogP contribution in [0, 0.1) is 6.92 Å². The second kappa shape index (κ2) is 11.8. The zero-order valence-corrected chi connectivity index (χ0v) is 24.8. The average molecular weight is 587 g/mol. The van der Waals surface area contributed by atoms with Crippen LogP contribution in [-0.2, 0) is 13.7 Å². The minimum Gasteiger partial charge on any atom is -0.203 e. The summed E-state index contributed by atoms with van der Waals surface area (Å²) in [5, 5.41) is 0. The molecular weight excluding hydrogens is 557 g/mol. The van der Waals surface area contributed by atoms with Gasteiger partial charge < -0.3 is 0 Å². The van der Waals surface area contributed by atoms with E-state index in [0.717, 1.165) is 42.5 Å². The van der Waals surface area contributed by atoms with Crippen LogP contribution in [-0.4, -0.2) is 8.42 Å². The van der Waals surface area contributed by atoms with Gasteiger partial charge in [-0.1, -0.05) is 121 Å². The highest BCUT2D eigenvalue weighted by Gasteiger charge is 2.38. The number of rotatable bonds is 8. The summed E-state index contributed by atoms with van der Waals surface area (Å²) in [6.07, 6.45) is 0. The fourth-order valence-electron chi connectivity index (χ4n) is 4.96. The molecule has 0 spiro atoms. The van der Waals surface area contributed by atoms with Gasteiger partial charge in [0, 0.05) is 14.7 Å². The largest absolute Gasteiger partial charge is 0.307 e. The van der Waals surface area contributed by atoms with E-state index in [1.54, 1.807) is 24.3 Å². The van der Waals surface area contributed by atoms with E-state index in [2.05, 4.69) is 24.3 Å². The van der Waals surface area contributed by atoms with E-state index in [1.165, 1.54) is 0 Å². The number of aryl methyl sites for hydroxylation is 1. The average Bonchev–Trinajstić information content (AvgIpc) is 3.05. The van der Waals surface area contributed by atoms with Crippen LogP contribution in [0.15, 0.2) is 183 Å². The zero-order valence-electron chi connectivity index (χ0n) is 23.1. The third-order valence-corrected chi connectivity index (χ3v) is 12.4. The molecule has 0 radical (unpaired) electrons. The molecule has 0 N–H and O–H groups in total. The van der Waals surface area contributed by atoms with Gasteiger partial charge in [0.05, 0.1) is 4.90 Å². The van der Waals surface area contributed by atoms with Crippen LogP contribution in [0.5, 0.6) is 0 Å². The minimum absolute atomic E-state index is 0.128. The van der Waals surface area contributed by atoms with Crippen molar-refractivity contribution in [2.75, 3.05) is 0 Å². The van der Waals surface area contributed by atoms with E-state index in [4.69, 9.17) is 3.63 Å². The van der Waals surface area contributed by atoms with Gasteiger partial charge in [0.1, 0.15) is 0 Å². The SMILES string of the molecule is Cc1ccc(S(=O)(=O)OS(c2ccccc2)(c2ccc(-c3ccccc3)cc2)c2ccc(-c3ccccc3)cc2)cc1. The number of benzene rings is 6. The second-order valence-electron chi connectivity index (χ2n) is 9.99. The summed E-state index contributed by atoms with van der Waals surface area (Å²) < 4.78 is 34.7. The van der Waals surface area contributed by atoms with Crippen LogP contribution >= 0.6 is 10.3 Å². The Morgan fingerprint density at radius 2 is 0.714 bits per heavy atom. The van der Waals surface area contributed by atoms with Crippen molar-refractivity contribution in [2.45, 2.75) is 26.5 Å². The van der Waals surface area contributed by atoms with E-state index in [1.807, 2.05) is 122 Å². The number of hydrogen-bond acceptors (Lipinski definition) is 3. The minimum atomic E-state index is -4.17. The van der Waals surface area contributed by atoms with Crippen molar-refractivity contribution in [3.05, 3.63) is 169 Å². The lowest BCUT2D eigenvalue weighted by Gasteiger charge is -2.39. The molecule has 6 rings (SSSR count). The lowest BCUT2D eigenvalue weighted by atomic mass is 10.1. The Morgan fingerprint density at radius 1 is 0.381 bits per heavy atom. The monoisotopic (exact) mass is 586 g/mol. The van der Waals surface area contributed by atoms with Gasteiger partial charge in [-0.05, 0) is 88.0 Å². The molecule has 208 valence electrons. The van der Waals surface area contributed by atoms with Gasteiger partial charge >= 0.3 is 10.1 Å². The molecule has 0 saturated carbocycles. The van der Waals surface area contributed by atoms with Crippen LogP contribution in [0.4, 0.5) is 0 Å². The summed E-state index contributed by atoms with van der Waals surface area (Å²) in [6.45, 7) is 1.93. The molecule has 6 aromatic rings. The summed E-state index contributed by atoms with van der Waals surface area (Å²) in [6, 6.07) is 52.9. The Hall–Kier alpha value is -4.42. The fraction of sp³-hybridized carbons (Fsp3) is 0.0270. The van der Waals surface area contributed by atoms with E-state index < -0.39 is 20.4 Å². The molecular formula is C37H30O3S2. The topological polar surface area (TPSA) is 43.4 Å². The summed E-state index contributed by atoms with van der Waals surface area (Å²) >= 11 is 0. The molecule has 0 saturated heterocycles. The highest BCUT2D eigenvalue weighted by atomic mass is 32.3. The highest BCUT2D eigenvalue weighted by molar-refractivity contribution is 8.33. The van der Waals surface area contributed by atoms with Gasteiger partial charge in [-0.25, -0.2) is 3.63 Å². The second-order valence-corrected chi connectivity index (χ2v) is 14.4. The molecule has 0 amide bonds. The van der Waals surface area contributed by atoms with Crippen LogP contribution in [0.1, 0.15) is 5.56 Å². The van der Waals surface area contributed by atoms with Gasteiger partial charge in [-0.15, -0.1) is 0 Å². The smallest absolute Gasteiger partial charge is 0.203 e. The lowest BCUT2D eigenvalue weighted by Crippen LogP contribution is -2.14. The van der Waals surface area contributed by atoms with Gasteiger partial charge in [0.15, 0.2) is 0 Å². The predicted molar refractivity (Wildman–Crippen MR) is 172 cm³/mol. The quantitative estimate of drug-likeness (QED) is 0.178. The molecule has 0 aromatic heterocycles. The van der Waals surface area contributed by atoms with Crippen LogP contribution in [0.25, 0.3) is 22.3 Å². The molecule has 5 heteroatoms.